The van der Waals surface area contributed by atoms with Crippen LogP contribution in [0.4, 0.5) is 11.4 Å². The van der Waals surface area contributed by atoms with Gasteiger partial charge in [-0.15, -0.1) is 6.42 Å². The highest BCUT2D eigenvalue weighted by Crippen LogP contribution is 2.15. The van der Waals surface area contributed by atoms with Crippen LogP contribution in [-0.2, 0) is 0 Å². The van der Waals surface area contributed by atoms with Crippen LogP contribution < -0.4 is 11.1 Å². The van der Waals surface area contributed by atoms with Crippen LogP contribution in [0, 0.1) is 24.2 Å². The second-order valence-corrected chi connectivity index (χ2v) is 2.39. The summed E-state index contributed by atoms with van der Waals surface area (Å²) in [6, 6.07) is 7.52. The van der Waals surface area contributed by atoms with Crippen molar-refractivity contribution in [3.8, 4) is 24.2 Å². The molecule has 0 atom stereocenters. The number of rotatable bonds is 2. The van der Waals surface area contributed by atoms with Gasteiger partial charge in [-0.3, -0.25) is 0 Å². The zero-order valence-corrected chi connectivity index (χ0v) is 7.17. The molecule has 0 bridgehead atoms. The first-order valence-corrected chi connectivity index (χ1v) is 3.86. The first-order chi connectivity index (χ1) is 6.34. The van der Waals surface area contributed by atoms with E-state index in [-0.39, 0.29) is 0 Å². The quantitative estimate of drug-likeness (QED) is 0.519. The fraction of sp³-hybridized carbons (Fsp3) is 0.0909. The summed E-state index contributed by atoms with van der Waals surface area (Å²) in [5.41, 5.74) is 7.28. The minimum atomic E-state index is 0.512. The van der Waals surface area contributed by atoms with Crippen molar-refractivity contribution in [1.82, 2.24) is 0 Å². The Kier molecular flexibility index (Phi) is 3.30. The fourth-order valence-corrected chi connectivity index (χ4v) is 0.893. The van der Waals surface area contributed by atoms with E-state index in [4.69, 9.17) is 12.2 Å². The maximum absolute atomic E-state index is 5.68. The summed E-state index contributed by atoms with van der Waals surface area (Å²) in [7, 11) is 0. The molecule has 1 rings (SSSR count). The molecule has 0 saturated heterocycles. The maximum Gasteiger partial charge on any atom is 0.0776 e. The van der Waals surface area contributed by atoms with Gasteiger partial charge in [0.2, 0.25) is 0 Å². The zero-order valence-electron chi connectivity index (χ0n) is 7.17. The molecule has 64 valence electrons. The summed E-state index contributed by atoms with van der Waals surface area (Å²) in [6.07, 6.45) is 4.96. The molecule has 0 heterocycles. The van der Waals surface area contributed by atoms with Crippen molar-refractivity contribution in [2.75, 3.05) is 17.6 Å². The van der Waals surface area contributed by atoms with Crippen molar-refractivity contribution in [2.24, 2.45) is 0 Å². The van der Waals surface area contributed by atoms with Crippen molar-refractivity contribution in [3.63, 3.8) is 0 Å². The van der Waals surface area contributed by atoms with E-state index in [1.165, 1.54) is 0 Å². The summed E-state index contributed by atoms with van der Waals surface area (Å²) in [5, 5.41) is 3.05. The van der Waals surface area contributed by atoms with E-state index in [1.54, 1.807) is 0 Å². The molecule has 0 aliphatic carbocycles. The molecular weight excluding hydrogens is 160 g/mol. The fourth-order valence-electron chi connectivity index (χ4n) is 0.893. The number of hydrogen-bond acceptors (Lipinski definition) is 2. The lowest BCUT2D eigenvalue weighted by Crippen LogP contribution is -2.01. The molecule has 0 amide bonds. The number of nitrogens with two attached hydrogens (primary N) is 1. The van der Waals surface area contributed by atoms with Gasteiger partial charge in [-0.1, -0.05) is 18.1 Å². The van der Waals surface area contributed by atoms with Gasteiger partial charge in [-0.05, 0) is 24.0 Å². The first kappa shape index (κ1) is 9.03. The second-order valence-electron chi connectivity index (χ2n) is 2.39. The average Bonchev–Trinajstić information content (AvgIpc) is 2.15. The monoisotopic (exact) mass is 170 g/mol. The Morgan fingerprint density at radius 2 is 2.15 bits per heavy atom. The molecule has 0 unspecified atom stereocenters. The summed E-state index contributed by atoms with van der Waals surface area (Å²) >= 11 is 0. The molecule has 3 N–H and O–H groups in total. The lowest BCUT2D eigenvalue weighted by molar-refractivity contribution is 1.38. The van der Waals surface area contributed by atoms with Crippen molar-refractivity contribution in [3.05, 3.63) is 24.3 Å². The molecular formula is C11H10N2. The molecule has 1 aromatic carbocycles. The molecule has 1 aromatic rings. The van der Waals surface area contributed by atoms with E-state index in [0.29, 0.717) is 12.2 Å². The number of anilines is 2. The molecule has 0 radical (unpaired) electrons. The number of terminal acetylenes is 1. The molecule has 13 heavy (non-hydrogen) atoms. The van der Waals surface area contributed by atoms with Crippen molar-refractivity contribution >= 4 is 11.4 Å². The highest BCUT2D eigenvalue weighted by molar-refractivity contribution is 5.65. The summed E-state index contributed by atoms with van der Waals surface area (Å²) in [5.74, 6) is 7.51. The third kappa shape index (κ3) is 2.81. The Balaban J connectivity index is 2.56. The minimum Gasteiger partial charge on any atom is -0.397 e. The van der Waals surface area contributed by atoms with Gasteiger partial charge in [0.05, 0.1) is 17.9 Å². The third-order valence-electron chi connectivity index (χ3n) is 1.49. The number of hydrogen-bond donors (Lipinski definition) is 2. The van der Waals surface area contributed by atoms with Crippen LogP contribution in [0.2, 0.25) is 0 Å². The SMILES string of the molecule is C#CC#CCNc1ccccc1N. The van der Waals surface area contributed by atoms with Gasteiger partial charge in [0.1, 0.15) is 0 Å². The van der Waals surface area contributed by atoms with E-state index in [1.807, 2.05) is 24.3 Å². The van der Waals surface area contributed by atoms with Crippen LogP contribution in [0.3, 0.4) is 0 Å². The minimum absolute atomic E-state index is 0.512. The molecule has 0 saturated carbocycles. The first-order valence-electron chi connectivity index (χ1n) is 3.86. The summed E-state index contributed by atoms with van der Waals surface area (Å²) < 4.78 is 0. The van der Waals surface area contributed by atoms with Crippen LogP contribution >= 0.6 is 0 Å². The van der Waals surface area contributed by atoms with Gasteiger partial charge >= 0.3 is 0 Å². The van der Waals surface area contributed by atoms with Gasteiger partial charge < -0.3 is 11.1 Å². The van der Waals surface area contributed by atoms with Crippen LogP contribution in [0.25, 0.3) is 0 Å². The standard InChI is InChI=1S/C11H10N2/c1-2-3-6-9-13-11-8-5-4-7-10(11)12/h1,4-5,7-8,13H,9,12H2. The molecule has 0 fully saturated rings. The van der Waals surface area contributed by atoms with Crippen LogP contribution in [0.15, 0.2) is 24.3 Å². The summed E-state index contributed by atoms with van der Waals surface area (Å²) in [4.78, 5) is 0. The molecule has 2 heteroatoms. The Hall–Kier alpha value is -2.06. The number of benzene rings is 1. The average molecular weight is 170 g/mol. The number of para-hydroxylation sites is 2. The lowest BCUT2D eigenvalue weighted by atomic mass is 10.3. The molecule has 0 aliphatic heterocycles. The number of nitrogens with one attached hydrogen (secondary N) is 1. The van der Waals surface area contributed by atoms with Gasteiger partial charge in [-0.25, -0.2) is 0 Å². The van der Waals surface area contributed by atoms with E-state index in [0.717, 1.165) is 5.69 Å². The highest BCUT2D eigenvalue weighted by Gasteiger charge is 1.92. The Labute approximate surface area is 78.1 Å². The predicted octanol–water partition coefficient (Wildman–Crippen LogP) is 1.32. The second kappa shape index (κ2) is 4.74. The predicted molar refractivity (Wildman–Crippen MR) is 56.0 cm³/mol. The smallest absolute Gasteiger partial charge is 0.0776 e. The van der Waals surface area contributed by atoms with Crippen LogP contribution in [0.1, 0.15) is 0 Å². The third-order valence-corrected chi connectivity index (χ3v) is 1.49. The Morgan fingerprint density at radius 1 is 1.38 bits per heavy atom. The topological polar surface area (TPSA) is 38.0 Å². The normalized spacial score (nSPS) is 7.92. The largest absolute Gasteiger partial charge is 0.397 e. The zero-order chi connectivity index (χ0) is 9.52. The molecule has 0 aromatic heterocycles. The van der Waals surface area contributed by atoms with Crippen molar-refractivity contribution < 1.29 is 0 Å². The van der Waals surface area contributed by atoms with Gasteiger partial charge in [0.25, 0.3) is 0 Å². The lowest BCUT2D eigenvalue weighted by Gasteiger charge is -2.04. The van der Waals surface area contributed by atoms with Crippen LogP contribution in [0.5, 0.6) is 0 Å². The van der Waals surface area contributed by atoms with Crippen molar-refractivity contribution in [2.45, 2.75) is 0 Å². The number of nitrogen functional groups attached to an aromatic ring is 1. The Bertz CT molecular complexity index is 377. The van der Waals surface area contributed by atoms with Gasteiger partial charge in [0, 0.05) is 0 Å². The van der Waals surface area contributed by atoms with Crippen LogP contribution in [-0.4, -0.2) is 6.54 Å². The maximum atomic E-state index is 5.68. The summed E-state index contributed by atoms with van der Waals surface area (Å²) in [6.45, 7) is 0.512. The van der Waals surface area contributed by atoms with Crippen molar-refractivity contribution in [1.29, 1.82) is 0 Å². The van der Waals surface area contributed by atoms with E-state index in [9.17, 15) is 0 Å². The van der Waals surface area contributed by atoms with E-state index >= 15 is 0 Å². The Morgan fingerprint density at radius 3 is 2.85 bits per heavy atom. The highest BCUT2D eigenvalue weighted by atomic mass is 14.9. The van der Waals surface area contributed by atoms with Gasteiger partial charge in [0.15, 0.2) is 0 Å². The van der Waals surface area contributed by atoms with Gasteiger partial charge in [-0.2, -0.15) is 0 Å². The van der Waals surface area contributed by atoms with E-state index in [2.05, 4.69) is 23.1 Å². The molecule has 2 nitrogen and oxygen atoms in total. The molecule has 0 aliphatic rings. The van der Waals surface area contributed by atoms with E-state index < -0.39 is 0 Å². The molecule has 0 spiro atoms.